The Morgan fingerprint density at radius 2 is 2.36 bits per heavy atom. The first kappa shape index (κ1) is 15.5. The Balaban J connectivity index is 2.26. The summed E-state index contributed by atoms with van der Waals surface area (Å²) in [5.74, 6) is -1.95. The van der Waals surface area contributed by atoms with Crippen molar-refractivity contribution in [2.24, 2.45) is 0 Å². The second-order valence-corrected chi connectivity index (χ2v) is 6.12. The summed E-state index contributed by atoms with van der Waals surface area (Å²) in [6, 6.07) is 0. The van der Waals surface area contributed by atoms with Crippen LogP contribution in [0, 0.1) is 0 Å². The van der Waals surface area contributed by atoms with Gasteiger partial charge in [0.15, 0.2) is 5.67 Å². The van der Waals surface area contributed by atoms with Crippen molar-refractivity contribution in [1.82, 2.24) is 9.97 Å². The average molecular weight is 330 g/mol. The standard InChI is InChI=1S/C13H15FN2O5S/c1-12(14)9(18)7(3-17)21-13(12,20-2)10-8-6(4-22-10)11(19)16-5-15-8/h4-5,7,9,17-18H,3H2,1-2H3,(H,15,16,19)/t7-,9-,12-,13+/m1/s1. The highest BCUT2D eigenvalue weighted by Gasteiger charge is 2.67. The maximum atomic E-state index is 15.2. The number of aromatic nitrogens is 2. The van der Waals surface area contributed by atoms with Crippen molar-refractivity contribution in [3.05, 3.63) is 26.9 Å². The van der Waals surface area contributed by atoms with Crippen LogP contribution in [0.25, 0.3) is 10.9 Å². The molecular weight excluding hydrogens is 315 g/mol. The lowest BCUT2D eigenvalue weighted by Crippen LogP contribution is -2.49. The van der Waals surface area contributed by atoms with E-state index in [0.717, 1.165) is 18.3 Å². The molecule has 22 heavy (non-hydrogen) atoms. The van der Waals surface area contributed by atoms with Gasteiger partial charge in [-0.3, -0.25) is 4.79 Å². The molecule has 0 aliphatic carbocycles. The fourth-order valence-corrected chi connectivity index (χ4v) is 4.01. The molecule has 0 spiro atoms. The largest absolute Gasteiger partial charge is 0.394 e. The van der Waals surface area contributed by atoms with Gasteiger partial charge in [-0.1, -0.05) is 0 Å². The van der Waals surface area contributed by atoms with Gasteiger partial charge in [0.05, 0.1) is 28.7 Å². The van der Waals surface area contributed by atoms with Crippen LogP contribution < -0.4 is 5.56 Å². The third kappa shape index (κ3) is 1.80. The van der Waals surface area contributed by atoms with Gasteiger partial charge in [-0.15, -0.1) is 11.3 Å². The van der Waals surface area contributed by atoms with Gasteiger partial charge in [-0.25, -0.2) is 9.37 Å². The van der Waals surface area contributed by atoms with Crippen LogP contribution >= 0.6 is 11.3 Å². The molecule has 3 heterocycles. The van der Waals surface area contributed by atoms with Gasteiger partial charge >= 0.3 is 0 Å². The second kappa shape index (κ2) is 5.07. The number of methoxy groups -OCH3 is 1. The number of hydrogen-bond acceptors (Lipinski definition) is 7. The van der Waals surface area contributed by atoms with Crippen LogP contribution in [-0.4, -0.2) is 51.8 Å². The third-order valence-electron chi connectivity index (χ3n) is 4.03. The van der Waals surface area contributed by atoms with E-state index in [1.807, 2.05) is 0 Å². The van der Waals surface area contributed by atoms with E-state index < -0.39 is 30.3 Å². The van der Waals surface area contributed by atoms with E-state index >= 15 is 4.39 Å². The van der Waals surface area contributed by atoms with E-state index in [-0.39, 0.29) is 21.3 Å². The molecule has 3 rings (SSSR count). The van der Waals surface area contributed by atoms with Gasteiger partial charge in [0.25, 0.3) is 5.56 Å². The number of aliphatic hydroxyl groups is 2. The number of aromatic amines is 1. The molecule has 0 aromatic carbocycles. The lowest BCUT2D eigenvalue weighted by atomic mass is 9.90. The Morgan fingerprint density at radius 1 is 1.64 bits per heavy atom. The molecule has 1 fully saturated rings. The number of rotatable bonds is 3. The molecule has 2 aromatic rings. The van der Waals surface area contributed by atoms with Crippen LogP contribution in [0.15, 0.2) is 16.5 Å². The molecule has 7 nitrogen and oxygen atoms in total. The number of H-pyrrole nitrogens is 1. The van der Waals surface area contributed by atoms with Crippen LogP contribution in [0.5, 0.6) is 0 Å². The SMILES string of the molecule is CO[C@@]1(c2scc3c(=O)[nH]cnc23)O[C@H](CO)[C@@H](O)[C@@]1(C)F. The number of fused-ring (bicyclic) bond motifs is 1. The molecule has 0 saturated carbocycles. The Bertz CT molecular complexity index is 760. The van der Waals surface area contributed by atoms with Crippen LogP contribution in [-0.2, 0) is 15.3 Å². The summed E-state index contributed by atoms with van der Waals surface area (Å²) in [5.41, 5.74) is -2.46. The van der Waals surface area contributed by atoms with Crippen molar-refractivity contribution in [2.75, 3.05) is 13.7 Å². The van der Waals surface area contributed by atoms with Crippen molar-refractivity contribution in [1.29, 1.82) is 0 Å². The van der Waals surface area contributed by atoms with Gasteiger partial charge in [0.1, 0.15) is 12.2 Å². The fraction of sp³-hybridized carbons (Fsp3) is 0.538. The highest BCUT2D eigenvalue weighted by Crippen LogP contribution is 2.52. The van der Waals surface area contributed by atoms with E-state index in [1.54, 1.807) is 0 Å². The number of nitrogens with one attached hydrogen (secondary N) is 1. The van der Waals surface area contributed by atoms with E-state index in [2.05, 4.69) is 9.97 Å². The fourth-order valence-electron chi connectivity index (χ4n) is 2.80. The minimum absolute atomic E-state index is 0.233. The van der Waals surface area contributed by atoms with Crippen LogP contribution in [0.2, 0.25) is 0 Å². The molecule has 3 N–H and O–H groups in total. The molecular formula is C13H15FN2O5S. The first-order valence-electron chi connectivity index (χ1n) is 6.55. The Labute approximate surface area is 128 Å². The summed E-state index contributed by atoms with van der Waals surface area (Å²) in [5, 5.41) is 21.2. The minimum Gasteiger partial charge on any atom is -0.394 e. The van der Waals surface area contributed by atoms with E-state index in [9.17, 15) is 15.0 Å². The van der Waals surface area contributed by atoms with Gasteiger partial charge < -0.3 is 24.7 Å². The highest BCUT2D eigenvalue weighted by atomic mass is 32.1. The summed E-state index contributed by atoms with van der Waals surface area (Å²) >= 11 is 1.05. The quantitative estimate of drug-likeness (QED) is 0.746. The molecule has 0 unspecified atom stereocenters. The van der Waals surface area contributed by atoms with Crippen molar-refractivity contribution < 1.29 is 24.1 Å². The lowest BCUT2D eigenvalue weighted by molar-refractivity contribution is -0.267. The van der Waals surface area contributed by atoms with Crippen molar-refractivity contribution in [3.8, 4) is 0 Å². The molecule has 120 valence electrons. The van der Waals surface area contributed by atoms with Gasteiger partial charge in [0, 0.05) is 12.5 Å². The number of hydrogen-bond donors (Lipinski definition) is 3. The van der Waals surface area contributed by atoms with Crippen molar-refractivity contribution in [2.45, 2.75) is 30.6 Å². The molecule has 1 saturated heterocycles. The maximum absolute atomic E-state index is 15.2. The maximum Gasteiger partial charge on any atom is 0.259 e. The van der Waals surface area contributed by atoms with E-state index in [1.165, 1.54) is 18.8 Å². The van der Waals surface area contributed by atoms with Crippen LogP contribution in [0.3, 0.4) is 0 Å². The van der Waals surface area contributed by atoms with Gasteiger partial charge in [-0.05, 0) is 6.92 Å². The summed E-state index contributed by atoms with van der Waals surface area (Å²) in [7, 11) is 1.24. The van der Waals surface area contributed by atoms with Gasteiger partial charge in [0.2, 0.25) is 5.79 Å². The Morgan fingerprint density at radius 3 is 2.95 bits per heavy atom. The zero-order valence-corrected chi connectivity index (χ0v) is 12.7. The Kier molecular flexibility index (Phi) is 3.57. The molecule has 0 radical (unpaired) electrons. The zero-order valence-electron chi connectivity index (χ0n) is 11.9. The molecule has 1 aliphatic heterocycles. The second-order valence-electron chi connectivity index (χ2n) is 5.24. The number of ether oxygens (including phenoxy) is 2. The summed E-state index contributed by atoms with van der Waals surface area (Å²) < 4.78 is 26.1. The monoisotopic (exact) mass is 330 g/mol. The normalized spacial score (nSPS) is 35.3. The van der Waals surface area contributed by atoms with Gasteiger partial charge in [-0.2, -0.15) is 0 Å². The minimum atomic E-state index is -2.34. The zero-order chi connectivity index (χ0) is 16.1. The molecule has 2 aromatic heterocycles. The summed E-state index contributed by atoms with van der Waals surface area (Å²) in [6.07, 6.45) is -1.53. The summed E-state index contributed by atoms with van der Waals surface area (Å²) in [4.78, 5) is 18.5. The van der Waals surface area contributed by atoms with Crippen molar-refractivity contribution >= 4 is 22.2 Å². The van der Waals surface area contributed by atoms with E-state index in [0.29, 0.717) is 0 Å². The Hall–Kier alpha value is -1.39. The first-order chi connectivity index (χ1) is 10.4. The highest BCUT2D eigenvalue weighted by molar-refractivity contribution is 7.11. The number of thiophene rings is 1. The topological polar surface area (TPSA) is 105 Å². The average Bonchev–Trinajstić information content (AvgIpc) is 3.01. The smallest absolute Gasteiger partial charge is 0.259 e. The van der Waals surface area contributed by atoms with E-state index in [4.69, 9.17) is 9.47 Å². The summed E-state index contributed by atoms with van der Waals surface area (Å²) in [6.45, 7) is 0.568. The molecule has 0 bridgehead atoms. The number of halogens is 1. The molecule has 9 heteroatoms. The lowest BCUT2D eigenvalue weighted by Gasteiger charge is -2.35. The predicted octanol–water partition coefficient (Wildman–Crippen LogP) is 0.264. The molecule has 1 aliphatic rings. The number of aliphatic hydroxyl groups excluding tert-OH is 2. The molecule has 4 atom stereocenters. The van der Waals surface area contributed by atoms with Crippen LogP contribution in [0.1, 0.15) is 11.8 Å². The number of alkyl halides is 1. The third-order valence-corrected chi connectivity index (χ3v) is 5.08. The van der Waals surface area contributed by atoms with Crippen LogP contribution in [0.4, 0.5) is 4.39 Å². The first-order valence-corrected chi connectivity index (χ1v) is 7.43. The molecule has 0 amide bonds. The number of nitrogens with zero attached hydrogens (tertiary/aromatic N) is 1. The van der Waals surface area contributed by atoms with Crippen molar-refractivity contribution in [3.63, 3.8) is 0 Å². The predicted molar refractivity (Wildman–Crippen MR) is 76.4 cm³/mol.